The summed E-state index contributed by atoms with van der Waals surface area (Å²) < 4.78 is 0. The van der Waals surface area contributed by atoms with Crippen LogP contribution in [0.1, 0.15) is 18.9 Å². The smallest absolute Gasteiger partial charge is 0.162 e. The fraction of sp³-hybridized carbons (Fsp3) is 0.300. The Bertz CT molecular complexity index is 406. The van der Waals surface area contributed by atoms with Gasteiger partial charge < -0.3 is 0 Å². The van der Waals surface area contributed by atoms with Crippen LogP contribution in [-0.2, 0) is 6.42 Å². The minimum absolute atomic E-state index is 0.793. The lowest BCUT2D eigenvalue weighted by molar-refractivity contribution is 0.925. The number of aromatic nitrogens is 3. The van der Waals surface area contributed by atoms with Gasteiger partial charge >= 0.3 is 0 Å². The van der Waals surface area contributed by atoms with Crippen LogP contribution in [0.15, 0.2) is 24.8 Å². The van der Waals surface area contributed by atoms with Gasteiger partial charge in [0, 0.05) is 17.8 Å². The van der Waals surface area contributed by atoms with Crippen LogP contribution in [0.3, 0.4) is 0 Å². The highest BCUT2D eigenvalue weighted by molar-refractivity contribution is 5.77. The van der Waals surface area contributed by atoms with Crippen LogP contribution in [0.4, 0.5) is 0 Å². The van der Waals surface area contributed by atoms with E-state index in [-0.39, 0.29) is 0 Å². The molecule has 0 saturated heterocycles. The molecule has 0 unspecified atom stereocenters. The highest BCUT2D eigenvalue weighted by Gasteiger charge is 2.00. The molecule has 2 rings (SSSR count). The van der Waals surface area contributed by atoms with E-state index in [1.807, 2.05) is 12.3 Å². The van der Waals surface area contributed by atoms with Gasteiger partial charge in [-0.25, -0.2) is 15.0 Å². The Morgan fingerprint density at radius 2 is 2.23 bits per heavy atom. The molecule has 0 aliphatic carbocycles. The van der Waals surface area contributed by atoms with Gasteiger partial charge in [-0.2, -0.15) is 0 Å². The van der Waals surface area contributed by atoms with Crippen molar-refractivity contribution in [2.75, 3.05) is 0 Å². The Labute approximate surface area is 76.9 Å². The molecule has 0 aromatic carbocycles. The molecule has 0 atom stereocenters. The molecule has 2 aromatic rings. The van der Waals surface area contributed by atoms with Gasteiger partial charge in [0.05, 0.1) is 0 Å². The number of aryl methyl sites for hydroxylation is 1. The number of hydrogen-bond donors (Lipinski definition) is 0. The zero-order valence-corrected chi connectivity index (χ0v) is 7.57. The third-order valence-corrected chi connectivity index (χ3v) is 2.03. The van der Waals surface area contributed by atoms with E-state index >= 15 is 0 Å². The van der Waals surface area contributed by atoms with Gasteiger partial charge in [0.2, 0.25) is 0 Å². The molecular weight excluding hydrogens is 162 g/mol. The molecule has 66 valence electrons. The maximum absolute atomic E-state index is 4.17. The van der Waals surface area contributed by atoms with E-state index in [4.69, 9.17) is 0 Å². The first-order valence-electron chi connectivity index (χ1n) is 4.45. The first-order chi connectivity index (χ1) is 6.42. The topological polar surface area (TPSA) is 38.7 Å². The molecule has 0 N–H and O–H groups in total. The fourth-order valence-corrected chi connectivity index (χ4v) is 1.43. The van der Waals surface area contributed by atoms with Crippen molar-refractivity contribution < 1.29 is 0 Å². The summed E-state index contributed by atoms with van der Waals surface area (Å²) in [6.07, 6.45) is 7.37. The van der Waals surface area contributed by atoms with Crippen molar-refractivity contribution in [3.63, 3.8) is 0 Å². The highest BCUT2D eigenvalue weighted by Crippen LogP contribution is 2.14. The van der Waals surface area contributed by atoms with Crippen LogP contribution in [0.25, 0.3) is 11.0 Å². The molecule has 2 heterocycles. The molecular formula is C10H11N3. The van der Waals surface area contributed by atoms with Crippen LogP contribution in [-0.4, -0.2) is 15.0 Å². The second kappa shape index (κ2) is 3.47. The molecule has 0 aliphatic heterocycles. The second-order valence-electron chi connectivity index (χ2n) is 2.98. The second-order valence-corrected chi connectivity index (χ2v) is 2.98. The third-order valence-electron chi connectivity index (χ3n) is 2.03. The molecule has 0 fully saturated rings. The van der Waals surface area contributed by atoms with Crippen LogP contribution >= 0.6 is 0 Å². The summed E-state index contributed by atoms with van der Waals surface area (Å²) in [5.41, 5.74) is 2.08. The summed E-state index contributed by atoms with van der Waals surface area (Å²) in [5, 5.41) is 1.08. The van der Waals surface area contributed by atoms with E-state index in [1.54, 1.807) is 6.20 Å². The number of rotatable bonds is 2. The van der Waals surface area contributed by atoms with Crippen LogP contribution in [0.2, 0.25) is 0 Å². The zero-order valence-electron chi connectivity index (χ0n) is 7.57. The van der Waals surface area contributed by atoms with E-state index < -0.39 is 0 Å². The Balaban J connectivity index is 2.61. The van der Waals surface area contributed by atoms with Crippen molar-refractivity contribution in [1.82, 2.24) is 15.0 Å². The molecule has 0 aliphatic rings. The molecule has 2 aromatic heterocycles. The minimum Gasteiger partial charge on any atom is -0.244 e. The summed E-state index contributed by atoms with van der Waals surface area (Å²) in [5.74, 6) is 0. The molecule has 0 bridgehead atoms. The molecule has 0 spiro atoms. The largest absolute Gasteiger partial charge is 0.244 e. The van der Waals surface area contributed by atoms with E-state index in [0.717, 1.165) is 23.9 Å². The minimum atomic E-state index is 0.793. The standard InChI is InChI=1S/C10H11N3/c1-2-3-8-4-5-12-10-9(8)6-11-7-13-10/h4-7H,2-3H2,1H3. The average molecular weight is 173 g/mol. The van der Waals surface area contributed by atoms with E-state index in [1.165, 1.54) is 11.9 Å². The van der Waals surface area contributed by atoms with Crippen molar-refractivity contribution in [2.24, 2.45) is 0 Å². The van der Waals surface area contributed by atoms with E-state index in [2.05, 4.69) is 21.9 Å². The van der Waals surface area contributed by atoms with Gasteiger partial charge in [-0.05, 0) is 18.1 Å². The molecule has 3 nitrogen and oxygen atoms in total. The number of fused-ring (bicyclic) bond motifs is 1. The molecule has 3 heteroatoms. The SMILES string of the molecule is CCCc1ccnc2ncncc12. The predicted molar refractivity (Wildman–Crippen MR) is 51.3 cm³/mol. The average Bonchev–Trinajstić information content (AvgIpc) is 2.19. The maximum atomic E-state index is 4.17. The normalized spacial score (nSPS) is 10.5. The van der Waals surface area contributed by atoms with Crippen LogP contribution < -0.4 is 0 Å². The quantitative estimate of drug-likeness (QED) is 0.697. The van der Waals surface area contributed by atoms with Crippen molar-refractivity contribution in [1.29, 1.82) is 0 Å². The Hall–Kier alpha value is -1.51. The Morgan fingerprint density at radius 1 is 1.31 bits per heavy atom. The maximum Gasteiger partial charge on any atom is 0.162 e. The van der Waals surface area contributed by atoms with Gasteiger partial charge in [0.1, 0.15) is 6.33 Å². The molecule has 0 amide bonds. The number of nitrogens with zero attached hydrogens (tertiary/aromatic N) is 3. The van der Waals surface area contributed by atoms with Crippen LogP contribution in [0.5, 0.6) is 0 Å². The first kappa shape index (κ1) is 8.10. The van der Waals surface area contributed by atoms with Gasteiger partial charge in [-0.1, -0.05) is 13.3 Å². The van der Waals surface area contributed by atoms with Crippen LogP contribution in [0, 0.1) is 0 Å². The lowest BCUT2D eigenvalue weighted by atomic mass is 10.1. The van der Waals surface area contributed by atoms with Gasteiger partial charge in [-0.15, -0.1) is 0 Å². The van der Waals surface area contributed by atoms with Gasteiger partial charge in [0.25, 0.3) is 0 Å². The predicted octanol–water partition coefficient (Wildman–Crippen LogP) is 1.98. The van der Waals surface area contributed by atoms with E-state index in [0.29, 0.717) is 0 Å². The first-order valence-corrected chi connectivity index (χ1v) is 4.45. The summed E-state index contributed by atoms with van der Waals surface area (Å²) in [6, 6.07) is 2.04. The summed E-state index contributed by atoms with van der Waals surface area (Å²) >= 11 is 0. The van der Waals surface area contributed by atoms with Crippen molar-refractivity contribution in [2.45, 2.75) is 19.8 Å². The number of pyridine rings is 1. The zero-order chi connectivity index (χ0) is 9.10. The Kier molecular flexibility index (Phi) is 2.17. The summed E-state index contributed by atoms with van der Waals surface area (Å²) in [6.45, 7) is 2.16. The van der Waals surface area contributed by atoms with Crippen molar-refractivity contribution in [3.05, 3.63) is 30.4 Å². The Morgan fingerprint density at radius 3 is 3.08 bits per heavy atom. The monoisotopic (exact) mass is 173 g/mol. The highest BCUT2D eigenvalue weighted by atomic mass is 14.9. The summed E-state index contributed by atoms with van der Waals surface area (Å²) in [7, 11) is 0. The lowest BCUT2D eigenvalue weighted by Crippen LogP contribution is -1.91. The van der Waals surface area contributed by atoms with Crippen molar-refractivity contribution >= 4 is 11.0 Å². The molecule has 0 radical (unpaired) electrons. The number of hydrogen-bond acceptors (Lipinski definition) is 3. The lowest BCUT2D eigenvalue weighted by Gasteiger charge is -2.01. The van der Waals surface area contributed by atoms with Gasteiger partial charge in [0.15, 0.2) is 5.65 Å². The van der Waals surface area contributed by atoms with E-state index in [9.17, 15) is 0 Å². The summed E-state index contributed by atoms with van der Waals surface area (Å²) in [4.78, 5) is 12.3. The van der Waals surface area contributed by atoms with Crippen molar-refractivity contribution in [3.8, 4) is 0 Å². The molecule has 0 saturated carbocycles. The molecule has 13 heavy (non-hydrogen) atoms. The van der Waals surface area contributed by atoms with Gasteiger partial charge in [-0.3, -0.25) is 0 Å². The third kappa shape index (κ3) is 1.49. The fourth-order valence-electron chi connectivity index (χ4n) is 1.43.